The number of pyridine rings is 1. The van der Waals surface area contributed by atoms with E-state index >= 15 is 0 Å². The Balaban J connectivity index is 2.53. The van der Waals surface area contributed by atoms with Crippen LogP contribution < -0.4 is 0 Å². The largest absolute Gasteiger partial charge is 0.466 e. The van der Waals surface area contributed by atoms with Crippen molar-refractivity contribution in [3.63, 3.8) is 0 Å². The first kappa shape index (κ1) is 19.9. The minimum absolute atomic E-state index is 0.204. The third-order valence-corrected chi connectivity index (χ3v) is 4.85. The fourth-order valence-corrected chi connectivity index (χ4v) is 3.92. The fraction of sp³-hybridized carbons (Fsp3) is 0.421. The Morgan fingerprint density at radius 3 is 2.54 bits per heavy atom. The molecule has 0 aliphatic carbocycles. The van der Waals surface area contributed by atoms with Crippen LogP contribution >= 0.6 is 11.8 Å². The van der Waals surface area contributed by atoms with Crippen LogP contribution in [0.2, 0.25) is 0 Å². The molecule has 0 spiro atoms. The lowest BCUT2D eigenvalue weighted by atomic mass is 10.1. The lowest BCUT2D eigenvalue weighted by Crippen LogP contribution is -2.07. The number of rotatable bonds is 7. The number of fused-ring (bicyclic) bond motifs is 1. The summed E-state index contributed by atoms with van der Waals surface area (Å²) in [5.74, 6) is -0.349. The van der Waals surface area contributed by atoms with Gasteiger partial charge in [-0.15, -0.1) is 11.8 Å². The molecule has 0 saturated heterocycles. The summed E-state index contributed by atoms with van der Waals surface area (Å²) in [7, 11) is 0. The number of carbonyl (C=O) groups is 2. The maximum absolute atomic E-state index is 12.6. The van der Waals surface area contributed by atoms with Gasteiger partial charge in [0.15, 0.2) is 0 Å². The highest BCUT2D eigenvalue weighted by Gasteiger charge is 2.26. The Bertz CT molecular complexity index is 880. The predicted octanol–water partition coefficient (Wildman–Crippen LogP) is 3.65. The highest BCUT2D eigenvalue weighted by Crippen LogP contribution is 2.35. The first-order chi connectivity index (χ1) is 12.4. The first-order valence-corrected chi connectivity index (χ1v) is 9.44. The van der Waals surface area contributed by atoms with Crippen LogP contribution in [0.5, 0.6) is 0 Å². The van der Waals surface area contributed by atoms with Crippen molar-refractivity contribution in [3.05, 3.63) is 34.6 Å². The number of hydrogen-bond donors (Lipinski definition) is 0. The van der Waals surface area contributed by atoms with Gasteiger partial charge in [-0.05, 0) is 38.8 Å². The van der Waals surface area contributed by atoms with E-state index in [1.807, 2.05) is 26.1 Å². The molecule has 0 aliphatic heterocycles. The molecule has 2 aromatic heterocycles. The van der Waals surface area contributed by atoms with Crippen molar-refractivity contribution >= 4 is 29.2 Å². The molecule has 0 fully saturated rings. The van der Waals surface area contributed by atoms with Crippen molar-refractivity contribution in [2.75, 3.05) is 19.0 Å². The number of hydrogen-bond acceptors (Lipinski definition) is 6. The number of ether oxygens (including phenoxy) is 2. The Hall–Kier alpha value is -2.46. The molecule has 0 bridgehead atoms. The number of nitriles is 1. The highest BCUT2D eigenvalue weighted by molar-refractivity contribution is 7.99. The standard InChI is InChI=1S/C19H22N2O4S/c1-5-24-15(22)7-8-26-18-14(10-20)21-11-12(3)9-13(4)17(21)16(18)19(23)25-6-2/h9,11H,5-8H2,1-4H3. The highest BCUT2D eigenvalue weighted by atomic mass is 32.2. The second-order valence-corrected chi connectivity index (χ2v) is 6.81. The summed E-state index contributed by atoms with van der Waals surface area (Å²) in [4.78, 5) is 24.7. The molecule has 0 radical (unpaired) electrons. The maximum Gasteiger partial charge on any atom is 0.341 e. The third-order valence-electron chi connectivity index (χ3n) is 3.75. The zero-order valence-corrected chi connectivity index (χ0v) is 16.2. The quantitative estimate of drug-likeness (QED) is 0.543. The predicted molar refractivity (Wildman–Crippen MR) is 99.5 cm³/mol. The summed E-state index contributed by atoms with van der Waals surface area (Å²) in [5.41, 5.74) is 3.31. The summed E-state index contributed by atoms with van der Waals surface area (Å²) in [5, 5.41) is 9.69. The van der Waals surface area contributed by atoms with Crippen LogP contribution in [-0.4, -0.2) is 35.3 Å². The van der Waals surface area contributed by atoms with Gasteiger partial charge >= 0.3 is 11.9 Å². The van der Waals surface area contributed by atoms with E-state index in [1.54, 1.807) is 18.2 Å². The maximum atomic E-state index is 12.6. The molecule has 6 nitrogen and oxygen atoms in total. The van der Waals surface area contributed by atoms with E-state index in [0.717, 1.165) is 11.1 Å². The lowest BCUT2D eigenvalue weighted by Gasteiger charge is -2.06. The molecule has 0 unspecified atom stereocenters. The molecule has 0 aliphatic rings. The van der Waals surface area contributed by atoms with Crippen molar-refractivity contribution in [2.45, 2.75) is 39.0 Å². The van der Waals surface area contributed by atoms with E-state index in [4.69, 9.17) is 9.47 Å². The Morgan fingerprint density at radius 1 is 1.23 bits per heavy atom. The van der Waals surface area contributed by atoms with Crippen molar-refractivity contribution < 1.29 is 19.1 Å². The Labute approximate surface area is 157 Å². The van der Waals surface area contributed by atoms with Crippen LogP contribution in [0.1, 0.15) is 47.4 Å². The van der Waals surface area contributed by atoms with E-state index < -0.39 is 5.97 Å². The van der Waals surface area contributed by atoms with E-state index in [-0.39, 0.29) is 19.0 Å². The molecule has 2 rings (SSSR count). The summed E-state index contributed by atoms with van der Waals surface area (Å²) in [6.45, 7) is 7.91. The number of aromatic nitrogens is 1. The van der Waals surface area contributed by atoms with Crippen molar-refractivity contribution in [3.8, 4) is 6.07 Å². The van der Waals surface area contributed by atoms with E-state index in [0.29, 0.717) is 34.0 Å². The topological polar surface area (TPSA) is 80.8 Å². The lowest BCUT2D eigenvalue weighted by molar-refractivity contribution is -0.142. The SMILES string of the molecule is CCOC(=O)CCSc1c(C(=O)OCC)c2c(C)cc(C)cn2c1C#N. The summed E-state index contributed by atoms with van der Waals surface area (Å²) >= 11 is 1.30. The molecule has 0 aromatic carbocycles. The summed E-state index contributed by atoms with van der Waals surface area (Å²) < 4.78 is 11.9. The molecule has 0 N–H and O–H groups in total. The van der Waals surface area contributed by atoms with Gasteiger partial charge in [-0.1, -0.05) is 6.07 Å². The van der Waals surface area contributed by atoms with Crippen LogP contribution in [0, 0.1) is 25.2 Å². The second-order valence-electron chi connectivity index (χ2n) is 5.71. The van der Waals surface area contributed by atoms with E-state index in [1.165, 1.54) is 11.8 Å². The van der Waals surface area contributed by atoms with E-state index in [2.05, 4.69) is 6.07 Å². The fourth-order valence-electron chi connectivity index (χ4n) is 2.84. The summed E-state index contributed by atoms with van der Waals surface area (Å²) in [6, 6.07) is 4.16. The van der Waals surface area contributed by atoms with Crippen molar-refractivity contribution in [1.29, 1.82) is 5.26 Å². The second kappa shape index (κ2) is 8.77. The smallest absolute Gasteiger partial charge is 0.341 e. The van der Waals surface area contributed by atoms with Gasteiger partial charge in [0, 0.05) is 11.9 Å². The first-order valence-electron chi connectivity index (χ1n) is 8.45. The molecule has 26 heavy (non-hydrogen) atoms. The van der Waals surface area contributed by atoms with Gasteiger partial charge < -0.3 is 13.9 Å². The molecular weight excluding hydrogens is 352 g/mol. The Morgan fingerprint density at radius 2 is 1.92 bits per heavy atom. The van der Waals surface area contributed by atoms with Crippen LogP contribution in [0.4, 0.5) is 0 Å². The van der Waals surface area contributed by atoms with Crippen LogP contribution in [-0.2, 0) is 14.3 Å². The number of aryl methyl sites for hydroxylation is 2. The molecule has 2 aromatic rings. The van der Waals surface area contributed by atoms with Gasteiger partial charge in [0.2, 0.25) is 0 Å². The van der Waals surface area contributed by atoms with Gasteiger partial charge in [-0.3, -0.25) is 4.79 Å². The molecule has 0 saturated carbocycles. The Kier molecular flexibility index (Phi) is 6.70. The average molecular weight is 374 g/mol. The molecule has 0 atom stereocenters. The molecular formula is C19H22N2O4S. The van der Waals surface area contributed by atoms with Crippen molar-refractivity contribution in [1.82, 2.24) is 4.40 Å². The zero-order valence-electron chi connectivity index (χ0n) is 15.4. The molecule has 138 valence electrons. The van der Waals surface area contributed by atoms with Gasteiger partial charge in [0.1, 0.15) is 17.3 Å². The monoisotopic (exact) mass is 374 g/mol. The molecule has 2 heterocycles. The zero-order chi connectivity index (χ0) is 19.3. The van der Waals surface area contributed by atoms with Crippen LogP contribution in [0.15, 0.2) is 17.2 Å². The van der Waals surface area contributed by atoms with Gasteiger partial charge in [-0.2, -0.15) is 5.26 Å². The van der Waals surface area contributed by atoms with Crippen molar-refractivity contribution in [2.24, 2.45) is 0 Å². The van der Waals surface area contributed by atoms with Crippen LogP contribution in [0.25, 0.3) is 5.52 Å². The van der Waals surface area contributed by atoms with E-state index in [9.17, 15) is 14.9 Å². The number of carbonyl (C=O) groups excluding carboxylic acids is 2. The van der Waals surface area contributed by atoms with Crippen LogP contribution in [0.3, 0.4) is 0 Å². The molecule has 0 amide bonds. The number of thioether (sulfide) groups is 1. The third kappa shape index (κ3) is 4.02. The minimum atomic E-state index is -0.461. The minimum Gasteiger partial charge on any atom is -0.466 e. The number of nitrogens with zero attached hydrogens (tertiary/aromatic N) is 2. The average Bonchev–Trinajstić information content (AvgIpc) is 2.89. The number of esters is 2. The molecule has 7 heteroatoms. The summed E-state index contributed by atoms with van der Waals surface area (Å²) in [6.07, 6.45) is 2.04. The van der Waals surface area contributed by atoms with Gasteiger partial charge in [-0.25, -0.2) is 4.79 Å². The normalized spacial score (nSPS) is 10.6. The van der Waals surface area contributed by atoms with Gasteiger partial charge in [0.05, 0.1) is 30.0 Å². The van der Waals surface area contributed by atoms with Gasteiger partial charge in [0.25, 0.3) is 0 Å².